The maximum Gasteiger partial charge on any atom is 0.222 e. The number of rotatable bonds is 4. The summed E-state index contributed by atoms with van der Waals surface area (Å²) in [4.78, 5) is 11.1. The SMILES string of the molecule is COCCC(=O)NC1CC(N)C1. The molecule has 0 aromatic heterocycles. The minimum Gasteiger partial charge on any atom is -0.384 e. The van der Waals surface area contributed by atoms with Gasteiger partial charge in [0.2, 0.25) is 5.91 Å². The van der Waals surface area contributed by atoms with E-state index in [4.69, 9.17) is 10.5 Å². The molecular formula is C8H16N2O2. The van der Waals surface area contributed by atoms with E-state index < -0.39 is 0 Å². The van der Waals surface area contributed by atoms with Crippen molar-refractivity contribution < 1.29 is 9.53 Å². The second kappa shape index (κ2) is 4.42. The topological polar surface area (TPSA) is 64.3 Å². The van der Waals surface area contributed by atoms with Gasteiger partial charge >= 0.3 is 0 Å². The number of ether oxygens (including phenoxy) is 1. The second-order valence-corrected chi connectivity index (χ2v) is 3.24. The molecule has 0 unspecified atom stereocenters. The lowest BCUT2D eigenvalue weighted by molar-refractivity contribution is -0.123. The van der Waals surface area contributed by atoms with E-state index >= 15 is 0 Å². The predicted octanol–water partition coefficient (Wildman–Crippen LogP) is -0.371. The molecule has 3 N–H and O–H groups in total. The fourth-order valence-corrected chi connectivity index (χ4v) is 1.27. The minimum atomic E-state index is 0.0637. The molecule has 0 aromatic rings. The Labute approximate surface area is 72.5 Å². The Hall–Kier alpha value is -0.610. The molecule has 70 valence electrons. The predicted molar refractivity (Wildman–Crippen MR) is 45.6 cm³/mol. The summed E-state index contributed by atoms with van der Waals surface area (Å²) < 4.78 is 4.78. The maximum atomic E-state index is 11.1. The largest absolute Gasteiger partial charge is 0.384 e. The van der Waals surface area contributed by atoms with E-state index in [1.165, 1.54) is 0 Å². The first kappa shape index (κ1) is 9.48. The van der Waals surface area contributed by atoms with Crippen molar-refractivity contribution in [2.45, 2.75) is 31.3 Å². The number of nitrogens with two attached hydrogens (primary N) is 1. The zero-order chi connectivity index (χ0) is 8.97. The third-order valence-electron chi connectivity index (χ3n) is 2.07. The molecule has 1 amide bonds. The lowest BCUT2D eigenvalue weighted by Crippen LogP contribution is -2.50. The van der Waals surface area contributed by atoms with Crippen molar-refractivity contribution in [3.63, 3.8) is 0 Å². The first-order valence-electron chi connectivity index (χ1n) is 4.26. The number of amides is 1. The lowest BCUT2D eigenvalue weighted by Gasteiger charge is -2.32. The highest BCUT2D eigenvalue weighted by Crippen LogP contribution is 2.17. The Morgan fingerprint density at radius 3 is 2.83 bits per heavy atom. The van der Waals surface area contributed by atoms with Gasteiger partial charge in [0.1, 0.15) is 0 Å². The number of methoxy groups -OCH3 is 1. The van der Waals surface area contributed by atoms with E-state index in [9.17, 15) is 4.79 Å². The average molecular weight is 172 g/mol. The van der Waals surface area contributed by atoms with Gasteiger partial charge in [0.05, 0.1) is 6.61 Å². The van der Waals surface area contributed by atoms with Gasteiger partial charge in [-0.2, -0.15) is 0 Å². The summed E-state index contributed by atoms with van der Waals surface area (Å²) in [6.07, 6.45) is 2.28. The molecule has 0 atom stereocenters. The second-order valence-electron chi connectivity index (χ2n) is 3.24. The van der Waals surface area contributed by atoms with E-state index in [0.717, 1.165) is 12.8 Å². The highest BCUT2D eigenvalue weighted by molar-refractivity contribution is 5.76. The fourth-order valence-electron chi connectivity index (χ4n) is 1.27. The summed E-state index contributed by atoms with van der Waals surface area (Å²) in [5, 5.41) is 2.88. The van der Waals surface area contributed by atoms with Crippen molar-refractivity contribution in [3.8, 4) is 0 Å². The molecule has 1 aliphatic rings. The molecule has 1 rings (SSSR count). The minimum absolute atomic E-state index is 0.0637. The van der Waals surface area contributed by atoms with Crippen LogP contribution in [0, 0.1) is 0 Å². The van der Waals surface area contributed by atoms with Gasteiger partial charge in [-0.3, -0.25) is 4.79 Å². The monoisotopic (exact) mass is 172 g/mol. The number of hydrogen-bond donors (Lipinski definition) is 2. The molecule has 1 saturated carbocycles. The van der Waals surface area contributed by atoms with Gasteiger partial charge in [-0.25, -0.2) is 0 Å². The first-order chi connectivity index (χ1) is 5.72. The summed E-state index contributed by atoms with van der Waals surface area (Å²) in [5.74, 6) is 0.0637. The van der Waals surface area contributed by atoms with Crippen LogP contribution in [-0.4, -0.2) is 31.7 Å². The van der Waals surface area contributed by atoms with Crippen LogP contribution in [0.1, 0.15) is 19.3 Å². The Kier molecular flexibility index (Phi) is 3.49. The van der Waals surface area contributed by atoms with Crippen LogP contribution in [0.15, 0.2) is 0 Å². The molecule has 1 fully saturated rings. The molecule has 4 heteroatoms. The molecule has 4 nitrogen and oxygen atoms in total. The van der Waals surface area contributed by atoms with Crippen LogP contribution in [0.25, 0.3) is 0 Å². The zero-order valence-electron chi connectivity index (χ0n) is 7.38. The number of carbonyl (C=O) groups is 1. The van der Waals surface area contributed by atoms with E-state index in [0.29, 0.717) is 19.1 Å². The van der Waals surface area contributed by atoms with Crippen LogP contribution < -0.4 is 11.1 Å². The normalized spacial score (nSPS) is 27.8. The molecule has 0 heterocycles. The number of nitrogens with one attached hydrogen (secondary N) is 1. The van der Waals surface area contributed by atoms with Crippen molar-refractivity contribution in [1.82, 2.24) is 5.32 Å². The van der Waals surface area contributed by atoms with Crippen LogP contribution in [-0.2, 0) is 9.53 Å². The van der Waals surface area contributed by atoms with Crippen molar-refractivity contribution in [1.29, 1.82) is 0 Å². The van der Waals surface area contributed by atoms with Crippen LogP contribution in [0.5, 0.6) is 0 Å². The van der Waals surface area contributed by atoms with Crippen LogP contribution in [0.4, 0.5) is 0 Å². The summed E-state index contributed by atoms with van der Waals surface area (Å²) in [7, 11) is 1.59. The highest BCUT2D eigenvalue weighted by Gasteiger charge is 2.26. The van der Waals surface area contributed by atoms with E-state index in [2.05, 4.69) is 5.32 Å². The fraction of sp³-hybridized carbons (Fsp3) is 0.875. The molecule has 0 radical (unpaired) electrons. The van der Waals surface area contributed by atoms with Gasteiger partial charge in [-0.1, -0.05) is 0 Å². The van der Waals surface area contributed by atoms with Crippen LogP contribution in [0.2, 0.25) is 0 Å². The Bertz CT molecular complexity index is 155. The summed E-state index contributed by atoms with van der Waals surface area (Å²) in [6, 6.07) is 0.599. The summed E-state index contributed by atoms with van der Waals surface area (Å²) >= 11 is 0. The maximum absolute atomic E-state index is 11.1. The quantitative estimate of drug-likeness (QED) is 0.608. The summed E-state index contributed by atoms with van der Waals surface area (Å²) in [6.45, 7) is 0.491. The summed E-state index contributed by atoms with van der Waals surface area (Å²) in [5.41, 5.74) is 5.57. The molecule has 0 spiro atoms. The van der Waals surface area contributed by atoms with Crippen molar-refractivity contribution in [2.75, 3.05) is 13.7 Å². The molecule has 1 aliphatic carbocycles. The van der Waals surface area contributed by atoms with Gasteiger partial charge in [-0.15, -0.1) is 0 Å². The van der Waals surface area contributed by atoms with Gasteiger partial charge < -0.3 is 15.8 Å². The lowest BCUT2D eigenvalue weighted by atomic mass is 9.87. The van der Waals surface area contributed by atoms with E-state index in [-0.39, 0.29) is 11.9 Å². The van der Waals surface area contributed by atoms with Crippen molar-refractivity contribution >= 4 is 5.91 Å². The Morgan fingerprint density at radius 2 is 2.33 bits per heavy atom. The van der Waals surface area contributed by atoms with Gasteiger partial charge in [0.25, 0.3) is 0 Å². The van der Waals surface area contributed by atoms with E-state index in [1.54, 1.807) is 7.11 Å². The Morgan fingerprint density at radius 1 is 1.67 bits per heavy atom. The highest BCUT2D eigenvalue weighted by atomic mass is 16.5. The number of hydrogen-bond acceptors (Lipinski definition) is 3. The average Bonchev–Trinajstić information content (AvgIpc) is 1.98. The van der Waals surface area contributed by atoms with Gasteiger partial charge in [0, 0.05) is 25.6 Å². The third-order valence-corrected chi connectivity index (χ3v) is 2.07. The molecular weight excluding hydrogens is 156 g/mol. The van der Waals surface area contributed by atoms with Crippen LogP contribution in [0.3, 0.4) is 0 Å². The Balaban J connectivity index is 2.03. The molecule has 0 aliphatic heterocycles. The first-order valence-corrected chi connectivity index (χ1v) is 4.26. The molecule has 0 aromatic carbocycles. The molecule has 0 saturated heterocycles. The molecule has 0 bridgehead atoms. The van der Waals surface area contributed by atoms with Crippen molar-refractivity contribution in [3.05, 3.63) is 0 Å². The van der Waals surface area contributed by atoms with Crippen LogP contribution >= 0.6 is 0 Å². The smallest absolute Gasteiger partial charge is 0.222 e. The van der Waals surface area contributed by atoms with Gasteiger partial charge in [0.15, 0.2) is 0 Å². The molecule has 12 heavy (non-hydrogen) atoms. The standard InChI is InChI=1S/C8H16N2O2/c1-12-3-2-8(11)10-7-4-6(9)5-7/h6-7H,2-5,9H2,1H3,(H,10,11). The number of carbonyl (C=O) groups excluding carboxylic acids is 1. The van der Waals surface area contributed by atoms with Crippen molar-refractivity contribution in [2.24, 2.45) is 5.73 Å². The third kappa shape index (κ3) is 2.79. The zero-order valence-corrected chi connectivity index (χ0v) is 7.38. The van der Waals surface area contributed by atoms with E-state index in [1.807, 2.05) is 0 Å². The van der Waals surface area contributed by atoms with Gasteiger partial charge in [-0.05, 0) is 12.8 Å².